The van der Waals surface area contributed by atoms with Gasteiger partial charge >= 0.3 is 0 Å². The van der Waals surface area contributed by atoms with Crippen molar-refractivity contribution in [1.82, 2.24) is 0 Å². The highest BCUT2D eigenvalue weighted by atomic mass is 16.3. The Hall–Kier alpha value is -1.06. The Labute approximate surface area is 139 Å². The highest BCUT2D eigenvalue weighted by molar-refractivity contribution is 5.21. The molecule has 0 spiro atoms. The maximum atomic E-state index is 10.5. The Balaban J connectivity index is 1.89. The van der Waals surface area contributed by atoms with E-state index in [2.05, 4.69) is 33.8 Å². The van der Waals surface area contributed by atoms with Crippen molar-refractivity contribution < 1.29 is 14.6 Å². The van der Waals surface area contributed by atoms with E-state index in [-0.39, 0.29) is 10.8 Å². The molecule has 1 aromatic heterocycles. The lowest BCUT2D eigenvalue weighted by atomic mass is 9.47. The minimum absolute atomic E-state index is 0.0325. The number of hydrogen-bond donors (Lipinski definition) is 2. The summed E-state index contributed by atoms with van der Waals surface area (Å²) in [5.74, 6) is 0.837. The van der Waals surface area contributed by atoms with Crippen LogP contribution < -0.4 is 0 Å². The van der Waals surface area contributed by atoms with Crippen LogP contribution in [0.25, 0.3) is 0 Å². The van der Waals surface area contributed by atoms with E-state index in [0.29, 0.717) is 18.3 Å². The van der Waals surface area contributed by atoms with Crippen LogP contribution in [-0.4, -0.2) is 22.4 Å². The molecule has 23 heavy (non-hydrogen) atoms. The number of allylic oxidation sites excluding steroid dienone is 2. The molecule has 2 N–H and O–H groups in total. The predicted molar refractivity (Wildman–Crippen MR) is 90.9 cm³/mol. The van der Waals surface area contributed by atoms with Gasteiger partial charge in [0.05, 0.1) is 24.7 Å². The molecule has 0 saturated heterocycles. The van der Waals surface area contributed by atoms with Crippen molar-refractivity contribution in [2.45, 2.75) is 65.6 Å². The molecular weight excluding hydrogens is 288 g/mol. The standard InChI is InChI=1S/C20H30O3/c1-13-5-8-17-19(2,3)18(22)16(21)11-20(17,4)15(13)7-6-14-9-10-23-12-14/h5,9-10,12,15-18,21-22H,6-8,11H2,1-4H3. The molecule has 1 aromatic rings. The molecule has 5 unspecified atom stereocenters. The Morgan fingerprint density at radius 3 is 2.65 bits per heavy atom. The third-order valence-corrected chi connectivity index (χ3v) is 6.79. The van der Waals surface area contributed by atoms with Crippen LogP contribution >= 0.6 is 0 Å². The van der Waals surface area contributed by atoms with Crippen molar-refractivity contribution in [3.05, 3.63) is 35.8 Å². The largest absolute Gasteiger partial charge is 0.472 e. The summed E-state index contributed by atoms with van der Waals surface area (Å²) in [7, 11) is 0. The first-order valence-corrected chi connectivity index (χ1v) is 8.80. The van der Waals surface area contributed by atoms with E-state index in [1.165, 1.54) is 11.1 Å². The van der Waals surface area contributed by atoms with Gasteiger partial charge < -0.3 is 14.6 Å². The Morgan fingerprint density at radius 1 is 1.26 bits per heavy atom. The molecule has 1 fully saturated rings. The van der Waals surface area contributed by atoms with Crippen molar-refractivity contribution in [2.24, 2.45) is 22.7 Å². The molecular formula is C20H30O3. The summed E-state index contributed by atoms with van der Waals surface area (Å²) in [6.07, 6.45) is 8.39. The lowest BCUT2D eigenvalue weighted by Gasteiger charge is -2.59. The molecule has 2 aliphatic rings. The SMILES string of the molecule is CC1=CCC2C(C)(C)C(O)C(O)CC2(C)C1CCc1ccoc1. The fourth-order valence-electron chi connectivity index (χ4n) is 5.48. The van der Waals surface area contributed by atoms with Crippen LogP contribution in [0.4, 0.5) is 0 Å². The lowest BCUT2D eigenvalue weighted by molar-refractivity contribution is -0.174. The van der Waals surface area contributed by atoms with Crippen LogP contribution in [0.3, 0.4) is 0 Å². The zero-order chi connectivity index (χ0) is 16.8. The summed E-state index contributed by atoms with van der Waals surface area (Å²) in [6, 6.07) is 2.03. The van der Waals surface area contributed by atoms with E-state index in [1.807, 2.05) is 12.3 Å². The van der Waals surface area contributed by atoms with Crippen molar-refractivity contribution in [2.75, 3.05) is 0 Å². The summed E-state index contributed by atoms with van der Waals surface area (Å²) >= 11 is 0. The summed E-state index contributed by atoms with van der Waals surface area (Å²) < 4.78 is 5.19. The van der Waals surface area contributed by atoms with Gasteiger partial charge in [-0.2, -0.15) is 0 Å². The molecule has 128 valence electrons. The maximum absolute atomic E-state index is 10.5. The topological polar surface area (TPSA) is 53.6 Å². The molecule has 3 nitrogen and oxygen atoms in total. The smallest absolute Gasteiger partial charge is 0.0934 e. The summed E-state index contributed by atoms with van der Waals surface area (Å²) in [6.45, 7) is 8.78. The molecule has 5 atom stereocenters. The van der Waals surface area contributed by atoms with Crippen molar-refractivity contribution in [3.8, 4) is 0 Å². The summed E-state index contributed by atoms with van der Waals surface area (Å²) in [5.41, 5.74) is 2.44. The minimum Gasteiger partial charge on any atom is -0.472 e. The number of hydrogen-bond acceptors (Lipinski definition) is 3. The molecule has 0 amide bonds. The van der Waals surface area contributed by atoms with E-state index < -0.39 is 12.2 Å². The second-order valence-corrected chi connectivity index (χ2v) is 8.50. The fraction of sp³-hybridized carbons (Fsp3) is 0.700. The molecule has 0 radical (unpaired) electrons. The Morgan fingerprint density at radius 2 is 2.00 bits per heavy atom. The van der Waals surface area contributed by atoms with E-state index >= 15 is 0 Å². The molecule has 1 saturated carbocycles. The minimum atomic E-state index is -0.637. The number of furan rings is 1. The second kappa shape index (κ2) is 5.78. The molecule has 0 aromatic carbocycles. The van der Waals surface area contributed by atoms with Gasteiger partial charge in [0, 0.05) is 0 Å². The first kappa shape index (κ1) is 16.8. The second-order valence-electron chi connectivity index (χ2n) is 8.50. The van der Waals surface area contributed by atoms with Gasteiger partial charge in [-0.05, 0) is 66.9 Å². The Bertz CT molecular complexity index is 572. The number of rotatable bonds is 3. The number of aryl methyl sites for hydroxylation is 1. The highest BCUT2D eigenvalue weighted by Gasteiger charge is 2.57. The zero-order valence-corrected chi connectivity index (χ0v) is 14.7. The van der Waals surface area contributed by atoms with Crippen molar-refractivity contribution in [1.29, 1.82) is 0 Å². The molecule has 3 rings (SSSR count). The van der Waals surface area contributed by atoms with Crippen LogP contribution in [0.15, 0.2) is 34.7 Å². The molecule has 1 heterocycles. The monoisotopic (exact) mass is 318 g/mol. The van der Waals surface area contributed by atoms with E-state index in [0.717, 1.165) is 19.3 Å². The first-order valence-electron chi connectivity index (χ1n) is 8.80. The normalized spacial score (nSPS) is 39.7. The third-order valence-electron chi connectivity index (χ3n) is 6.79. The summed E-state index contributed by atoms with van der Waals surface area (Å²) in [4.78, 5) is 0. The van der Waals surface area contributed by atoms with Crippen LogP contribution in [-0.2, 0) is 6.42 Å². The van der Waals surface area contributed by atoms with Gasteiger partial charge in [0.1, 0.15) is 0 Å². The van der Waals surface area contributed by atoms with Gasteiger partial charge in [-0.15, -0.1) is 0 Å². The van der Waals surface area contributed by atoms with E-state index in [1.54, 1.807) is 6.26 Å². The Kier molecular flexibility index (Phi) is 4.22. The highest BCUT2D eigenvalue weighted by Crippen LogP contribution is 2.60. The van der Waals surface area contributed by atoms with E-state index in [9.17, 15) is 10.2 Å². The fourth-order valence-corrected chi connectivity index (χ4v) is 5.48. The number of aliphatic hydroxyl groups excluding tert-OH is 2. The van der Waals surface area contributed by atoms with Crippen LogP contribution in [0.2, 0.25) is 0 Å². The predicted octanol–water partition coefficient (Wildman–Crippen LogP) is 3.95. The first-order chi connectivity index (χ1) is 10.8. The van der Waals surface area contributed by atoms with E-state index in [4.69, 9.17) is 4.42 Å². The molecule has 0 aliphatic heterocycles. The van der Waals surface area contributed by atoms with Gasteiger partial charge in [-0.1, -0.05) is 32.4 Å². The van der Waals surface area contributed by atoms with Gasteiger partial charge in [-0.25, -0.2) is 0 Å². The molecule has 0 bridgehead atoms. The summed E-state index contributed by atoms with van der Waals surface area (Å²) in [5, 5.41) is 21.0. The van der Waals surface area contributed by atoms with Crippen molar-refractivity contribution in [3.63, 3.8) is 0 Å². The van der Waals surface area contributed by atoms with Gasteiger partial charge in [0.25, 0.3) is 0 Å². The number of fused-ring (bicyclic) bond motifs is 1. The zero-order valence-electron chi connectivity index (χ0n) is 14.7. The van der Waals surface area contributed by atoms with Crippen LogP contribution in [0, 0.1) is 22.7 Å². The third kappa shape index (κ3) is 2.68. The van der Waals surface area contributed by atoms with Crippen molar-refractivity contribution >= 4 is 0 Å². The van der Waals surface area contributed by atoms with Gasteiger partial charge in [0.15, 0.2) is 0 Å². The van der Waals surface area contributed by atoms with Gasteiger partial charge in [0.2, 0.25) is 0 Å². The maximum Gasteiger partial charge on any atom is 0.0934 e. The molecule has 2 aliphatic carbocycles. The van der Waals surface area contributed by atoms with Crippen LogP contribution in [0.1, 0.15) is 52.5 Å². The molecule has 3 heteroatoms. The number of aliphatic hydroxyl groups is 2. The van der Waals surface area contributed by atoms with Gasteiger partial charge in [-0.3, -0.25) is 0 Å². The average Bonchev–Trinajstić information content (AvgIpc) is 2.97. The lowest BCUT2D eigenvalue weighted by Crippen LogP contribution is -2.59. The quantitative estimate of drug-likeness (QED) is 0.830. The van der Waals surface area contributed by atoms with Crippen LogP contribution in [0.5, 0.6) is 0 Å². The average molecular weight is 318 g/mol.